The minimum Gasteiger partial charge on any atom is -0.497 e. The molecule has 1 atom stereocenters. The molecule has 0 bridgehead atoms. The topological polar surface area (TPSA) is 76.9 Å². The molecule has 0 fully saturated rings. The number of likely N-dealkylation sites (N-methyl/N-ethyl adjacent to an activating group) is 1. The summed E-state index contributed by atoms with van der Waals surface area (Å²) < 4.78 is 13.0. The second-order valence-corrected chi connectivity index (χ2v) is 7.99. The van der Waals surface area contributed by atoms with Gasteiger partial charge in [-0.15, -0.1) is 0 Å². The van der Waals surface area contributed by atoms with E-state index in [1.807, 2.05) is 54.7 Å². The standard InChI is InChI=1S/C24H24N4O4/c1-26-19-8-3-4-9-21(19)32-15-20(23(26)29)28-11-10-17-14-27(25-22(17)24(28)30)13-16-6-5-7-18(12-16)31-2/h3-9,12,14,20H,10-11,13,15H2,1-2H3/t20-/m0/s1. The predicted molar refractivity (Wildman–Crippen MR) is 118 cm³/mol. The van der Waals surface area contributed by atoms with E-state index in [9.17, 15) is 9.59 Å². The Morgan fingerprint density at radius 1 is 1.16 bits per heavy atom. The molecule has 0 radical (unpaired) electrons. The van der Waals surface area contributed by atoms with E-state index in [1.165, 1.54) is 0 Å². The van der Waals surface area contributed by atoms with Crippen molar-refractivity contribution in [3.63, 3.8) is 0 Å². The average molecular weight is 432 g/mol. The number of para-hydroxylation sites is 2. The van der Waals surface area contributed by atoms with E-state index in [0.717, 1.165) is 16.9 Å². The van der Waals surface area contributed by atoms with Crippen LogP contribution >= 0.6 is 0 Å². The minimum atomic E-state index is -0.698. The highest BCUT2D eigenvalue weighted by Gasteiger charge is 2.39. The van der Waals surface area contributed by atoms with Crippen molar-refractivity contribution in [1.82, 2.24) is 14.7 Å². The van der Waals surface area contributed by atoms with Crippen LogP contribution in [0.1, 0.15) is 21.6 Å². The van der Waals surface area contributed by atoms with Gasteiger partial charge >= 0.3 is 0 Å². The predicted octanol–water partition coefficient (Wildman–Crippen LogP) is 2.36. The molecule has 0 aliphatic carbocycles. The number of carbonyl (C=O) groups excluding carboxylic acids is 2. The maximum Gasteiger partial charge on any atom is 0.275 e. The fraction of sp³-hybridized carbons (Fsp3) is 0.292. The first-order valence-electron chi connectivity index (χ1n) is 10.5. The highest BCUT2D eigenvalue weighted by atomic mass is 16.5. The summed E-state index contributed by atoms with van der Waals surface area (Å²) >= 11 is 0. The van der Waals surface area contributed by atoms with Crippen LogP contribution in [0.15, 0.2) is 54.7 Å². The molecule has 5 rings (SSSR count). The molecule has 0 spiro atoms. The number of hydrogen-bond donors (Lipinski definition) is 0. The number of benzene rings is 2. The summed E-state index contributed by atoms with van der Waals surface area (Å²) in [7, 11) is 3.35. The number of amides is 2. The van der Waals surface area contributed by atoms with E-state index >= 15 is 0 Å². The van der Waals surface area contributed by atoms with E-state index in [1.54, 1.807) is 28.6 Å². The summed E-state index contributed by atoms with van der Waals surface area (Å²) in [6, 6.07) is 14.5. The van der Waals surface area contributed by atoms with Crippen molar-refractivity contribution in [2.75, 3.05) is 32.2 Å². The van der Waals surface area contributed by atoms with Gasteiger partial charge in [0.2, 0.25) is 0 Å². The monoisotopic (exact) mass is 432 g/mol. The molecule has 0 unspecified atom stereocenters. The van der Waals surface area contributed by atoms with Crippen LogP contribution < -0.4 is 14.4 Å². The molecule has 2 aliphatic heterocycles. The first-order valence-corrected chi connectivity index (χ1v) is 10.5. The van der Waals surface area contributed by atoms with Crippen molar-refractivity contribution >= 4 is 17.5 Å². The highest BCUT2D eigenvalue weighted by Crippen LogP contribution is 2.32. The number of ether oxygens (including phenoxy) is 2. The van der Waals surface area contributed by atoms with Gasteiger partial charge in [0.15, 0.2) is 5.69 Å². The Morgan fingerprint density at radius 3 is 2.84 bits per heavy atom. The van der Waals surface area contributed by atoms with E-state index in [4.69, 9.17) is 9.47 Å². The van der Waals surface area contributed by atoms with Crippen molar-refractivity contribution in [2.24, 2.45) is 0 Å². The van der Waals surface area contributed by atoms with Crippen LogP contribution in [0.3, 0.4) is 0 Å². The molecular weight excluding hydrogens is 408 g/mol. The van der Waals surface area contributed by atoms with Crippen molar-refractivity contribution in [3.8, 4) is 11.5 Å². The number of methoxy groups -OCH3 is 1. The SMILES string of the molecule is COc1cccc(Cn2cc3c(n2)C(=O)N([C@H]2COc4ccccc4N(C)C2=O)CC3)c1. The number of carbonyl (C=O) groups is 2. The number of rotatable bonds is 4. The van der Waals surface area contributed by atoms with Gasteiger partial charge in [-0.3, -0.25) is 14.3 Å². The molecular formula is C24H24N4O4. The lowest BCUT2D eigenvalue weighted by Crippen LogP contribution is -2.54. The molecule has 1 aromatic heterocycles. The first-order chi connectivity index (χ1) is 15.5. The van der Waals surface area contributed by atoms with Gasteiger partial charge in [0.25, 0.3) is 11.8 Å². The maximum atomic E-state index is 13.3. The van der Waals surface area contributed by atoms with Gasteiger partial charge in [0.05, 0.1) is 19.3 Å². The molecule has 0 saturated heterocycles. The summed E-state index contributed by atoms with van der Waals surface area (Å²) in [6.07, 6.45) is 2.55. The van der Waals surface area contributed by atoms with E-state index in [2.05, 4.69) is 5.10 Å². The van der Waals surface area contributed by atoms with Crippen LogP contribution in [0, 0.1) is 0 Å². The molecule has 8 nitrogen and oxygen atoms in total. The molecule has 2 amide bonds. The van der Waals surface area contributed by atoms with Gasteiger partial charge in [0, 0.05) is 25.4 Å². The molecule has 32 heavy (non-hydrogen) atoms. The Hall–Kier alpha value is -3.81. The lowest BCUT2D eigenvalue weighted by Gasteiger charge is -2.33. The first kappa shape index (κ1) is 20.1. The summed E-state index contributed by atoms with van der Waals surface area (Å²) in [6.45, 7) is 1.09. The third-order valence-electron chi connectivity index (χ3n) is 6.02. The van der Waals surface area contributed by atoms with Crippen molar-refractivity contribution in [2.45, 2.75) is 19.0 Å². The van der Waals surface area contributed by atoms with E-state index < -0.39 is 6.04 Å². The highest BCUT2D eigenvalue weighted by molar-refractivity contribution is 6.03. The largest absolute Gasteiger partial charge is 0.497 e. The van der Waals surface area contributed by atoms with Crippen LogP contribution in [0.2, 0.25) is 0 Å². The van der Waals surface area contributed by atoms with Gasteiger partial charge in [-0.1, -0.05) is 24.3 Å². The molecule has 2 aliphatic rings. The normalized spacial score (nSPS) is 18.0. The summed E-state index contributed by atoms with van der Waals surface area (Å²) in [5.74, 6) is 1.01. The number of nitrogens with zero attached hydrogens (tertiary/aromatic N) is 4. The van der Waals surface area contributed by atoms with Crippen LogP contribution in [-0.4, -0.2) is 59.8 Å². The molecule has 2 aromatic carbocycles. The zero-order valence-electron chi connectivity index (χ0n) is 18.0. The Labute approximate surface area is 185 Å². The summed E-state index contributed by atoms with van der Waals surface area (Å²) in [4.78, 5) is 29.7. The van der Waals surface area contributed by atoms with Crippen LogP contribution in [0.4, 0.5) is 5.69 Å². The summed E-state index contributed by atoms with van der Waals surface area (Å²) in [5, 5.41) is 4.55. The van der Waals surface area contributed by atoms with Gasteiger partial charge < -0.3 is 19.3 Å². The van der Waals surface area contributed by atoms with Crippen molar-refractivity contribution in [3.05, 3.63) is 71.5 Å². The molecule has 3 heterocycles. The maximum absolute atomic E-state index is 13.3. The molecule has 0 saturated carbocycles. The Morgan fingerprint density at radius 2 is 2.00 bits per heavy atom. The van der Waals surface area contributed by atoms with Gasteiger partial charge in [0.1, 0.15) is 24.1 Å². The molecule has 0 N–H and O–H groups in total. The number of aromatic nitrogens is 2. The van der Waals surface area contributed by atoms with E-state index in [-0.39, 0.29) is 18.4 Å². The molecule has 3 aromatic rings. The lowest BCUT2D eigenvalue weighted by atomic mass is 10.0. The number of fused-ring (bicyclic) bond motifs is 2. The van der Waals surface area contributed by atoms with Crippen molar-refractivity contribution < 1.29 is 19.1 Å². The smallest absolute Gasteiger partial charge is 0.275 e. The third-order valence-corrected chi connectivity index (χ3v) is 6.02. The Balaban J connectivity index is 1.37. The number of hydrogen-bond acceptors (Lipinski definition) is 5. The second-order valence-electron chi connectivity index (χ2n) is 7.99. The van der Waals surface area contributed by atoms with Crippen LogP contribution in [-0.2, 0) is 17.8 Å². The van der Waals surface area contributed by atoms with Gasteiger partial charge in [-0.05, 0) is 36.2 Å². The Bertz CT molecular complexity index is 1190. The van der Waals surface area contributed by atoms with Crippen LogP contribution in [0.25, 0.3) is 0 Å². The number of anilines is 1. The van der Waals surface area contributed by atoms with E-state index in [0.29, 0.717) is 36.6 Å². The Kier molecular flexibility index (Phi) is 5.05. The van der Waals surface area contributed by atoms with Gasteiger partial charge in [-0.25, -0.2) is 0 Å². The quantitative estimate of drug-likeness (QED) is 0.633. The average Bonchev–Trinajstić information content (AvgIpc) is 3.18. The second kappa shape index (κ2) is 8.03. The minimum absolute atomic E-state index is 0.117. The zero-order chi connectivity index (χ0) is 22.2. The third kappa shape index (κ3) is 3.47. The fourth-order valence-electron chi connectivity index (χ4n) is 4.30. The van der Waals surface area contributed by atoms with Crippen molar-refractivity contribution in [1.29, 1.82) is 0 Å². The van der Waals surface area contributed by atoms with Gasteiger partial charge in [-0.2, -0.15) is 5.10 Å². The molecule has 164 valence electrons. The van der Waals surface area contributed by atoms with Crippen LogP contribution in [0.5, 0.6) is 11.5 Å². The zero-order valence-corrected chi connectivity index (χ0v) is 18.0. The summed E-state index contributed by atoms with van der Waals surface area (Å²) in [5.41, 5.74) is 3.03. The lowest BCUT2D eigenvalue weighted by molar-refractivity contribution is -0.123. The molecule has 8 heteroatoms. The fourth-order valence-corrected chi connectivity index (χ4v) is 4.30.